The molecular weight excluding hydrogens is 342 g/mol. The number of anilines is 1. The molecule has 0 spiro atoms. The molecule has 0 aromatic heterocycles. The lowest BCUT2D eigenvalue weighted by atomic mass is 10.2. The average Bonchev–Trinajstić information content (AvgIpc) is 3.26. The van der Waals surface area contributed by atoms with Crippen molar-refractivity contribution in [1.29, 1.82) is 0 Å². The van der Waals surface area contributed by atoms with Crippen LogP contribution in [-0.4, -0.2) is 24.2 Å². The van der Waals surface area contributed by atoms with Crippen LogP contribution in [-0.2, 0) is 4.79 Å². The molecule has 4 rings (SSSR count). The van der Waals surface area contributed by atoms with Crippen molar-refractivity contribution in [1.82, 2.24) is 5.32 Å². The summed E-state index contributed by atoms with van der Waals surface area (Å²) in [7, 11) is 0. The van der Waals surface area contributed by atoms with E-state index >= 15 is 0 Å². The van der Waals surface area contributed by atoms with E-state index in [9.17, 15) is 4.79 Å². The van der Waals surface area contributed by atoms with Gasteiger partial charge in [0.05, 0.1) is 10.6 Å². The summed E-state index contributed by atoms with van der Waals surface area (Å²) in [5.41, 5.74) is 4.29. The highest BCUT2D eigenvalue weighted by Crippen LogP contribution is 2.29. The zero-order valence-electron chi connectivity index (χ0n) is 14.7. The van der Waals surface area contributed by atoms with Gasteiger partial charge in [-0.25, -0.2) is 4.99 Å². The first kappa shape index (κ1) is 16.9. The molecule has 4 nitrogen and oxygen atoms in total. The van der Waals surface area contributed by atoms with Crippen molar-refractivity contribution in [3.05, 3.63) is 64.6 Å². The van der Waals surface area contributed by atoms with E-state index in [0.29, 0.717) is 10.1 Å². The van der Waals surface area contributed by atoms with Gasteiger partial charge in [0, 0.05) is 18.8 Å². The number of nitrogens with one attached hydrogen (secondary N) is 1. The second kappa shape index (κ2) is 7.38. The van der Waals surface area contributed by atoms with Crippen molar-refractivity contribution in [2.75, 3.05) is 18.0 Å². The quantitative estimate of drug-likeness (QED) is 0.818. The molecule has 0 aliphatic carbocycles. The molecule has 2 heterocycles. The minimum Gasteiger partial charge on any atom is -0.372 e. The molecule has 0 saturated carbocycles. The second-order valence-corrected chi connectivity index (χ2v) is 7.64. The first-order chi connectivity index (χ1) is 12.7. The third-order valence-electron chi connectivity index (χ3n) is 4.55. The Morgan fingerprint density at radius 2 is 1.88 bits per heavy atom. The third-order valence-corrected chi connectivity index (χ3v) is 5.46. The predicted octanol–water partition coefficient (Wildman–Crippen LogP) is 4.49. The molecule has 132 valence electrons. The van der Waals surface area contributed by atoms with Crippen LogP contribution in [0.5, 0.6) is 0 Å². The number of thioether (sulfide) groups is 1. The van der Waals surface area contributed by atoms with Gasteiger partial charge < -0.3 is 10.2 Å². The number of rotatable bonds is 3. The molecule has 26 heavy (non-hydrogen) atoms. The lowest BCUT2D eigenvalue weighted by molar-refractivity contribution is -0.115. The number of carbonyl (C=O) groups excluding carboxylic acids is 1. The summed E-state index contributed by atoms with van der Waals surface area (Å²) in [6, 6.07) is 16.3. The maximum Gasteiger partial charge on any atom is 0.264 e. The Kier molecular flexibility index (Phi) is 4.80. The fraction of sp³-hybridized carbons (Fsp3) is 0.238. The Morgan fingerprint density at radius 3 is 2.62 bits per heavy atom. The van der Waals surface area contributed by atoms with E-state index in [0.717, 1.165) is 29.9 Å². The minimum absolute atomic E-state index is 0.0926. The van der Waals surface area contributed by atoms with Gasteiger partial charge in [-0.3, -0.25) is 4.79 Å². The van der Waals surface area contributed by atoms with Crippen LogP contribution in [0.25, 0.3) is 6.08 Å². The van der Waals surface area contributed by atoms with Crippen LogP contribution in [0.2, 0.25) is 0 Å². The predicted molar refractivity (Wildman–Crippen MR) is 110 cm³/mol. The number of aliphatic imine (C=N–C) groups is 1. The van der Waals surface area contributed by atoms with E-state index in [4.69, 9.17) is 0 Å². The van der Waals surface area contributed by atoms with Gasteiger partial charge in [0.1, 0.15) is 0 Å². The molecule has 0 bridgehead atoms. The Morgan fingerprint density at radius 1 is 1.12 bits per heavy atom. The van der Waals surface area contributed by atoms with Crippen molar-refractivity contribution in [2.45, 2.75) is 19.8 Å². The van der Waals surface area contributed by atoms with Gasteiger partial charge in [-0.05, 0) is 73.0 Å². The van der Waals surface area contributed by atoms with Crippen LogP contribution in [0.4, 0.5) is 11.4 Å². The molecule has 2 aliphatic rings. The Hall–Kier alpha value is -2.53. The number of benzene rings is 2. The van der Waals surface area contributed by atoms with Gasteiger partial charge in [0.25, 0.3) is 5.91 Å². The monoisotopic (exact) mass is 363 g/mol. The molecule has 1 amide bonds. The number of nitrogens with zero attached hydrogens (tertiary/aromatic N) is 2. The maximum atomic E-state index is 12.2. The Labute approximate surface area is 158 Å². The molecule has 2 saturated heterocycles. The van der Waals surface area contributed by atoms with E-state index in [1.165, 1.54) is 30.3 Å². The summed E-state index contributed by atoms with van der Waals surface area (Å²) in [4.78, 5) is 19.8. The lowest BCUT2D eigenvalue weighted by Gasteiger charge is -2.17. The largest absolute Gasteiger partial charge is 0.372 e. The Balaban J connectivity index is 1.49. The van der Waals surface area contributed by atoms with Crippen LogP contribution in [0.3, 0.4) is 0 Å². The standard InChI is InChI=1S/C21H21N3OS/c1-15-5-4-6-17(13-15)22-21-23-20(25)19(26-21)14-16-7-9-18(10-8-16)24-11-2-3-12-24/h4-10,13-14H,2-3,11-12H2,1H3,(H,22,23,25)/b19-14-. The van der Waals surface area contributed by atoms with Crippen LogP contribution in [0.1, 0.15) is 24.0 Å². The van der Waals surface area contributed by atoms with Crippen molar-refractivity contribution in [3.63, 3.8) is 0 Å². The molecule has 0 radical (unpaired) electrons. The second-order valence-electron chi connectivity index (χ2n) is 6.61. The van der Waals surface area contributed by atoms with Crippen LogP contribution < -0.4 is 10.2 Å². The van der Waals surface area contributed by atoms with Gasteiger partial charge in [-0.15, -0.1) is 0 Å². The fourth-order valence-electron chi connectivity index (χ4n) is 3.20. The van der Waals surface area contributed by atoms with E-state index in [-0.39, 0.29) is 5.91 Å². The number of amides is 1. The molecule has 5 heteroatoms. The van der Waals surface area contributed by atoms with Crippen molar-refractivity contribution in [3.8, 4) is 0 Å². The van der Waals surface area contributed by atoms with Crippen LogP contribution >= 0.6 is 11.8 Å². The zero-order chi connectivity index (χ0) is 17.9. The van der Waals surface area contributed by atoms with Crippen molar-refractivity contribution in [2.24, 2.45) is 4.99 Å². The van der Waals surface area contributed by atoms with Gasteiger partial charge in [0.2, 0.25) is 0 Å². The molecule has 2 aromatic rings. The number of aryl methyl sites for hydroxylation is 1. The summed E-state index contributed by atoms with van der Waals surface area (Å²) < 4.78 is 0. The molecule has 1 N–H and O–H groups in total. The normalized spacial score (nSPS) is 20.2. The van der Waals surface area contributed by atoms with Crippen LogP contribution in [0.15, 0.2) is 58.4 Å². The van der Waals surface area contributed by atoms with E-state index in [1.807, 2.05) is 37.3 Å². The number of hydrogen-bond donors (Lipinski definition) is 1. The topological polar surface area (TPSA) is 44.7 Å². The Bertz CT molecular complexity index is 880. The summed E-state index contributed by atoms with van der Waals surface area (Å²) in [6.45, 7) is 4.30. The third kappa shape index (κ3) is 3.83. The SMILES string of the molecule is Cc1cccc(N=C2NC(=O)/C(=C/c3ccc(N4CCCC4)cc3)S2)c1. The number of hydrogen-bond acceptors (Lipinski definition) is 4. The highest BCUT2D eigenvalue weighted by Gasteiger charge is 2.23. The molecule has 2 fully saturated rings. The van der Waals surface area contributed by atoms with Gasteiger partial charge in [-0.1, -0.05) is 24.3 Å². The van der Waals surface area contributed by atoms with E-state index in [2.05, 4.69) is 39.5 Å². The first-order valence-electron chi connectivity index (χ1n) is 8.89. The highest BCUT2D eigenvalue weighted by molar-refractivity contribution is 8.18. The maximum absolute atomic E-state index is 12.2. The summed E-state index contributed by atoms with van der Waals surface area (Å²) in [6.07, 6.45) is 4.46. The smallest absolute Gasteiger partial charge is 0.264 e. The van der Waals surface area contributed by atoms with E-state index in [1.54, 1.807) is 0 Å². The minimum atomic E-state index is -0.0926. The first-order valence-corrected chi connectivity index (χ1v) is 9.70. The number of carbonyl (C=O) groups is 1. The molecule has 2 aliphatic heterocycles. The fourth-order valence-corrected chi connectivity index (χ4v) is 4.05. The molecule has 0 atom stereocenters. The molecule has 2 aromatic carbocycles. The van der Waals surface area contributed by atoms with Crippen molar-refractivity contribution >= 4 is 40.3 Å². The molecular formula is C21H21N3OS. The van der Waals surface area contributed by atoms with Gasteiger partial charge in [0.15, 0.2) is 5.17 Å². The zero-order valence-corrected chi connectivity index (χ0v) is 15.6. The summed E-state index contributed by atoms with van der Waals surface area (Å²) in [5, 5.41) is 3.47. The lowest BCUT2D eigenvalue weighted by Crippen LogP contribution is -2.19. The van der Waals surface area contributed by atoms with Crippen molar-refractivity contribution < 1.29 is 4.79 Å². The van der Waals surface area contributed by atoms with Crippen LogP contribution in [0, 0.1) is 6.92 Å². The van der Waals surface area contributed by atoms with Gasteiger partial charge >= 0.3 is 0 Å². The summed E-state index contributed by atoms with van der Waals surface area (Å²) in [5.74, 6) is -0.0926. The average molecular weight is 363 g/mol. The molecule has 0 unspecified atom stereocenters. The highest BCUT2D eigenvalue weighted by atomic mass is 32.2. The summed E-state index contributed by atoms with van der Waals surface area (Å²) >= 11 is 1.38. The van der Waals surface area contributed by atoms with E-state index < -0.39 is 0 Å². The number of amidine groups is 1. The van der Waals surface area contributed by atoms with Gasteiger partial charge in [-0.2, -0.15) is 0 Å².